The first-order valence-corrected chi connectivity index (χ1v) is 10.2. The van der Waals surface area contributed by atoms with Crippen LogP contribution in [0.1, 0.15) is 28.5 Å². The van der Waals surface area contributed by atoms with Crippen molar-refractivity contribution in [2.24, 2.45) is 7.05 Å². The molecule has 0 fully saturated rings. The Balaban J connectivity index is 2.24. The molecule has 0 spiro atoms. The summed E-state index contributed by atoms with van der Waals surface area (Å²) in [5, 5.41) is 10.6. The third kappa shape index (κ3) is 3.42. The van der Waals surface area contributed by atoms with Crippen LogP contribution in [0.25, 0.3) is 10.9 Å². The Morgan fingerprint density at radius 3 is 2.48 bits per heavy atom. The van der Waals surface area contributed by atoms with E-state index in [9.17, 15) is 18.3 Å². The maximum absolute atomic E-state index is 12.9. The number of ether oxygens (including phenoxy) is 1. The normalized spacial score (nSPS) is 11.7. The lowest BCUT2D eigenvalue weighted by Gasteiger charge is -2.09. The third-order valence-corrected chi connectivity index (χ3v) is 6.19. The average Bonchev–Trinajstić information content (AvgIpc) is 2.88. The topological polar surface area (TPSA) is 85.6 Å². The number of phenolic OH excluding ortho intramolecular Hbond substituents is 1. The molecule has 1 aromatic heterocycles. The lowest BCUT2D eigenvalue weighted by molar-refractivity contribution is 0.0527. The highest BCUT2D eigenvalue weighted by Gasteiger charge is 2.27. The van der Waals surface area contributed by atoms with E-state index in [0.29, 0.717) is 22.2 Å². The van der Waals surface area contributed by atoms with E-state index in [1.165, 1.54) is 18.2 Å². The van der Waals surface area contributed by atoms with Crippen LogP contribution in [0.3, 0.4) is 0 Å². The van der Waals surface area contributed by atoms with Gasteiger partial charge in [0.05, 0.1) is 22.8 Å². The molecule has 0 atom stereocenters. The SMILES string of the molecule is CCOC(=O)c1c(CS(=O)(=O)c2ccccc2)n(C)c2cc(C)c(O)cc12. The van der Waals surface area contributed by atoms with Gasteiger partial charge < -0.3 is 14.4 Å². The minimum absolute atomic E-state index is 0.0381. The van der Waals surface area contributed by atoms with Crippen molar-refractivity contribution in [3.8, 4) is 5.75 Å². The number of benzene rings is 2. The van der Waals surface area contributed by atoms with Crippen molar-refractivity contribution in [1.29, 1.82) is 0 Å². The second-order valence-electron chi connectivity index (χ2n) is 6.33. The number of rotatable bonds is 5. The Labute approximate surface area is 157 Å². The van der Waals surface area contributed by atoms with Gasteiger partial charge in [-0.3, -0.25) is 0 Å². The van der Waals surface area contributed by atoms with Gasteiger partial charge in [-0.2, -0.15) is 0 Å². The number of aromatic nitrogens is 1. The molecule has 0 saturated carbocycles. The van der Waals surface area contributed by atoms with E-state index < -0.39 is 15.8 Å². The third-order valence-electron chi connectivity index (χ3n) is 4.55. The molecule has 2 aromatic carbocycles. The highest BCUT2D eigenvalue weighted by Crippen LogP contribution is 2.33. The van der Waals surface area contributed by atoms with E-state index in [0.717, 1.165) is 0 Å². The standard InChI is InChI=1S/C20H21NO5S/c1-4-26-20(23)19-15-11-18(22)13(2)10-16(15)21(3)17(19)12-27(24,25)14-8-6-5-7-9-14/h5-11,22H,4,12H2,1-3H3. The van der Waals surface area contributed by atoms with Crippen LogP contribution in [-0.2, 0) is 27.4 Å². The molecule has 27 heavy (non-hydrogen) atoms. The molecule has 1 heterocycles. The fourth-order valence-electron chi connectivity index (χ4n) is 3.12. The van der Waals surface area contributed by atoms with Crippen molar-refractivity contribution < 1.29 is 23.1 Å². The van der Waals surface area contributed by atoms with Gasteiger partial charge in [-0.25, -0.2) is 13.2 Å². The first kappa shape index (κ1) is 19.0. The zero-order valence-corrected chi connectivity index (χ0v) is 16.2. The van der Waals surface area contributed by atoms with Crippen molar-refractivity contribution >= 4 is 26.7 Å². The number of phenols is 1. The van der Waals surface area contributed by atoms with E-state index in [-0.39, 0.29) is 28.6 Å². The summed E-state index contributed by atoms with van der Waals surface area (Å²) >= 11 is 0. The maximum Gasteiger partial charge on any atom is 0.340 e. The molecule has 0 saturated heterocycles. The number of hydrogen-bond donors (Lipinski definition) is 1. The van der Waals surface area contributed by atoms with E-state index in [1.54, 1.807) is 49.7 Å². The Bertz CT molecular complexity index is 1110. The molecule has 0 radical (unpaired) electrons. The molecule has 7 heteroatoms. The summed E-state index contributed by atoms with van der Waals surface area (Å²) in [5.41, 5.74) is 1.80. The van der Waals surface area contributed by atoms with Crippen molar-refractivity contribution in [3.63, 3.8) is 0 Å². The molecule has 0 amide bonds. The predicted molar refractivity (Wildman–Crippen MR) is 103 cm³/mol. The number of aromatic hydroxyl groups is 1. The first-order valence-electron chi connectivity index (χ1n) is 8.52. The predicted octanol–water partition coefficient (Wildman–Crippen LogP) is 3.34. The van der Waals surface area contributed by atoms with E-state index in [1.807, 2.05) is 0 Å². The molecule has 0 bridgehead atoms. The van der Waals surface area contributed by atoms with E-state index in [4.69, 9.17) is 4.74 Å². The molecule has 0 aliphatic carbocycles. The summed E-state index contributed by atoms with van der Waals surface area (Å²) in [4.78, 5) is 12.8. The average molecular weight is 387 g/mol. The van der Waals surface area contributed by atoms with Gasteiger partial charge in [-0.1, -0.05) is 18.2 Å². The Kier molecular flexibility index (Phi) is 4.97. The molecular weight excluding hydrogens is 366 g/mol. The quantitative estimate of drug-likeness (QED) is 0.679. The summed E-state index contributed by atoms with van der Waals surface area (Å²) in [6.07, 6.45) is 0. The van der Waals surface area contributed by atoms with Crippen molar-refractivity contribution in [3.05, 3.63) is 59.3 Å². The van der Waals surface area contributed by atoms with Gasteiger partial charge in [0.15, 0.2) is 9.84 Å². The lowest BCUT2D eigenvalue weighted by Crippen LogP contribution is -2.13. The number of carbonyl (C=O) groups is 1. The molecule has 0 aliphatic heterocycles. The molecule has 142 valence electrons. The van der Waals surface area contributed by atoms with Crippen LogP contribution in [-0.4, -0.2) is 30.7 Å². The van der Waals surface area contributed by atoms with Crippen LogP contribution in [0.5, 0.6) is 5.75 Å². The zero-order valence-electron chi connectivity index (χ0n) is 15.4. The van der Waals surface area contributed by atoms with Crippen LogP contribution in [0.4, 0.5) is 0 Å². The summed E-state index contributed by atoms with van der Waals surface area (Å²) in [6, 6.07) is 11.3. The highest BCUT2D eigenvalue weighted by molar-refractivity contribution is 7.90. The van der Waals surface area contributed by atoms with Gasteiger partial charge in [0.1, 0.15) is 5.75 Å². The Morgan fingerprint density at radius 2 is 1.85 bits per heavy atom. The number of sulfone groups is 1. The van der Waals surface area contributed by atoms with Crippen molar-refractivity contribution in [2.75, 3.05) is 6.61 Å². The molecule has 0 unspecified atom stereocenters. The molecule has 1 N–H and O–H groups in total. The summed E-state index contributed by atoms with van der Waals surface area (Å²) < 4.78 is 32.6. The Hall–Kier alpha value is -2.80. The van der Waals surface area contributed by atoms with Gasteiger partial charge in [0.25, 0.3) is 0 Å². The largest absolute Gasteiger partial charge is 0.508 e. The van der Waals surface area contributed by atoms with Crippen LogP contribution >= 0.6 is 0 Å². The number of nitrogens with zero attached hydrogens (tertiary/aromatic N) is 1. The lowest BCUT2D eigenvalue weighted by atomic mass is 10.1. The maximum atomic E-state index is 12.9. The molecule has 0 aliphatic rings. The number of carbonyl (C=O) groups excluding carboxylic acids is 1. The van der Waals surface area contributed by atoms with Gasteiger partial charge in [0.2, 0.25) is 0 Å². The molecule has 3 rings (SSSR count). The van der Waals surface area contributed by atoms with E-state index >= 15 is 0 Å². The zero-order chi connectivity index (χ0) is 19.8. The summed E-state index contributed by atoms with van der Waals surface area (Å²) in [5.74, 6) is -0.920. The van der Waals surface area contributed by atoms with Crippen molar-refractivity contribution in [2.45, 2.75) is 24.5 Å². The van der Waals surface area contributed by atoms with Crippen LogP contribution in [0.15, 0.2) is 47.4 Å². The van der Waals surface area contributed by atoms with Gasteiger partial charge in [-0.05, 0) is 43.7 Å². The fourth-order valence-corrected chi connectivity index (χ4v) is 4.56. The second-order valence-corrected chi connectivity index (χ2v) is 8.32. The van der Waals surface area contributed by atoms with Gasteiger partial charge >= 0.3 is 5.97 Å². The monoisotopic (exact) mass is 387 g/mol. The van der Waals surface area contributed by atoms with Gasteiger partial charge in [-0.15, -0.1) is 0 Å². The van der Waals surface area contributed by atoms with Crippen LogP contribution < -0.4 is 0 Å². The minimum atomic E-state index is -3.67. The number of esters is 1. The first-order chi connectivity index (χ1) is 12.8. The summed E-state index contributed by atoms with van der Waals surface area (Å²) in [6.45, 7) is 3.59. The molecule has 6 nitrogen and oxygen atoms in total. The minimum Gasteiger partial charge on any atom is -0.508 e. The number of fused-ring (bicyclic) bond motifs is 1. The van der Waals surface area contributed by atoms with Crippen LogP contribution in [0.2, 0.25) is 0 Å². The summed E-state index contributed by atoms with van der Waals surface area (Å²) in [7, 11) is -1.96. The van der Waals surface area contributed by atoms with E-state index in [2.05, 4.69) is 0 Å². The Morgan fingerprint density at radius 1 is 1.19 bits per heavy atom. The van der Waals surface area contributed by atoms with Crippen LogP contribution in [0, 0.1) is 6.92 Å². The van der Waals surface area contributed by atoms with Gasteiger partial charge in [0, 0.05) is 23.6 Å². The molecule has 3 aromatic rings. The number of hydrogen-bond acceptors (Lipinski definition) is 5. The second kappa shape index (κ2) is 7.08. The fraction of sp³-hybridized carbons (Fsp3) is 0.250. The highest BCUT2D eigenvalue weighted by atomic mass is 32.2. The number of aryl methyl sites for hydroxylation is 2. The van der Waals surface area contributed by atoms with Crippen molar-refractivity contribution in [1.82, 2.24) is 4.57 Å². The molecular formula is C20H21NO5S. The smallest absolute Gasteiger partial charge is 0.340 e.